The Morgan fingerprint density at radius 3 is 2.56 bits per heavy atom. The van der Waals surface area contributed by atoms with Crippen LogP contribution in [0.15, 0.2) is 0 Å². The van der Waals surface area contributed by atoms with E-state index in [2.05, 4.69) is 27.7 Å². The molecule has 0 aromatic carbocycles. The summed E-state index contributed by atoms with van der Waals surface area (Å²) in [6.45, 7) is 9.36. The zero-order valence-electron chi connectivity index (χ0n) is 12.4. The van der Waals surface area contributed by atoms with E-state index in [0.717, 1.165) is 19.3 Å². The van der Waals surface area contributed by atoms with E-state index in [1.54, 1.807) is 7.11 Å². The topological polar surface area (TPSA) is 26.3 Å². The zero-order chi connectivity index (χ0) is 13.3. The maximum Gasteiger partial charge on any atom is 0.142 e. The van der Waals surface area contributed by atoms with Crippen LogP contribution in [0.25, 0.3) is 0 Å². The van der Waals surface area contributed by atoms with Crippen LogP contribution in [0.3, 0.4) is 0 Å². The van der Waals surface area contributed by atoms with Crippen molar-refractivity contribution in [3.63, 3.8) is 0 Å². The van der Waals surface area contributed by atoms with Gasteiger partial charge in [0.25, 0.3) is 0 Å². The summed E-state index contributed by atoms with van der Waals surface area (Å²) in [5.74, 6) is 1.53. The largest absolute Gasteiger partial charge is 0.380 e. The highest BCUT2D eigenvalue weighted by Gasteiger charge is 2.76. The average molecular weight is 250 g/mol. The number of rotatable bonds is 1. The van der Waals surface area contributed by atoms with Crippen LogP contribution in [0, 0.1) is 28.1 Å². The van der Waals surface area contributed by atoms with E-state index in [0.29, 0.717) is 17.6 Å². The minimum absolute atomic E-state index is 0.159. The third-order valence-electron chi connectivity index (χ3n) is 6.47. The molecule has 102 valence electrons. The summed E-state index contributed by atoms with van der Waals surface area (Å²) in [5.41, 5.74) is 0.270. The van der Waals surface area contributed by atoms with Crippen LogP contribution in [-0.2, 0) is 9.53 Å². The summed E-state index contributed by atoms with van der Waals surface area (Å²) in [5, 5.41) is 0. The first kappa shape index (κ1) is 12.7. The second-order valence-corrected chi connectivity index (χ2v) is 7.94. The highest BCUT2D eigenvalue weighted by Crippen LogP contribution is 2.76. The maximum absolute atomic E-state index is 12.9. The molecule has 0 aromatic rings. The molecule has 3 aliphatic carbocycles. The van der Waals surface area contributed by atoms with Gasteiger partial charge in [0, 0.05) is 13.5 Å². The molecule has 0 N–H and O–H groups in total. The van der Waals surface area contributed by atoms with Crippen LogP contribution in [-0.4, -0.2) is 19.0 Å². The Hall–Kier alpha value is -0.370. The molecule has 0 radical (unpaired) electrons. The summed E-state index contributed by atoms with van der Waals surface area (Å²) in [4.78, 5) is 12.9. The fourth-order valence-corrected chi connectivity index (χ4v) is 6.61. The van der Waals surface area contributed by atoms with Gasteiger partial charge in [0.1, 0.15) is 5.78 Å². The number of Topliss-reactive ketones (excluding diaryl/α,β-unsaturated/α-hetero) is 1. The minimum Gasteiger partial charge on any atom is -0.380 e. The number of hydrogen-bond acceptors (Lipinski definition) is 2. The molecule has 0 heterocycles. The van der Waals surface area contributed by atoms with Crippen molar-refractivity contribution >= 4 is 5.78 Å². The molecule has 3 aliphatic rings. The van der Waals surface area contributed by atoms with Crippen molar-refractivity contribution in [1.82, 2.24) is 0 Å². The molecule has 1 unspecified atom stereocenters. The fraction of sp³-hybridized carbons (Fsp3) is 0.938. The molecular weight excluding hydrogens is 224 g/mol. The van der Waals surface area contributed by atoms with E-state index in [-0.39, 0.29) is 22.3 Å². The van der Waals surface area contributed by atoms with Gasteiger partial charge in [-0.15, -0.1) is 0 Å². The summed E-state index contributed by atoms with van der Waals surface area (Å²) >= 11 is 0. The lowest BCUT2D eigenvalue weighted by Gasteiger charge is -2.41. The second-order valence-electron chi connectivity index (χ2n) is 7.94. The van der Waals surface area contributed by atoms with Crippen molar-refractivity contribution in [3.05, 3.63) is 0 Å². The smallest absolute Gasteiger partial charge is 0.142 e. The predicted octanol–water partition coefficient (Wildman–Crippen LogP) is 3.44. The lowest BCUT2D eigenvalue weighted by Crippen LogP contribution is -2.47. The third-order valence-corrected chi connectivity index (χ3v) is 6.47. The van der Waals surface area contributed by atoms with Gasteiger partial charge in [-0.2, -0.15) is 0 Å². The average Bonchev–Trinajstić information content (AvgIpc) is 2.72. The van der Waals surface area contributed by atoms with E-state index in [4.69, 9.17) is 4.74 Å². The number of ketones is 1. The van der Waals surface area contributed by atoms with Crippen molar-refractivity contribution in [3.8, 4) is 0 Å². The molecular formula is C16H26O2. The first-order valence-corrected chi connectivity index (χ1v) is 7.36. The molecule has 3 fully saturated rings. The number of ether oxygens (including phenoxy) is 1. The monoisotopic (exact) mass is 250 g/mol. The van der Waals surface area contributed by atoms with E-state index in [1.807, 2.05) is 0 Å². The standard InChI is InChI=1S/C16H26O2/c1-10-8-11(17)16-12(18-5)6-7-15(16,4)9-14(2,3)13(10)16/h10,12-13H,6-9H2,1-5H3/t10-,12+,13-,15-,16?/m1/s1. The minimum atomic E-state index is -0.176. The highest BCUT2D eigenvalue weighted by molar-refractivity contribution is 5.90. The van der Waals surface area contributed by atoms with Crippen LogP contribution in [0.2, 0.25) is 0 Å². The highest BCUT2D eigenvalue weighted by atomic mass is 16.5. The number of methoxy groups -OCH3 is 1. The van der Waals surface area contributed by atoms with Crippen LogP contribution in [0.1, 0.15) is 53.4 Å². The van der Waals surface area contributed by atoms with E-state index in [9.17, 15) is 4.79 Å². The Bertz CT molecular complexity index is 400. The van der Waals surface area contributed by atoms with Crippen LogP contribution in [0.5, 0.6) is 0 Å². The van der Waals surface area contributed by atoms with Crippen molar-refractivity contribution in [2.45, 2.75) is 59.5 Å². The lowest BCUT2D eigenvalue weighted by atomic mass is 9.63. The molecule has 0 saturated heterocycles. The van der Waals surface area contributed by atoms with Crippen LogP contribution >= 0.6 is 0 Å². The fourth-order valence-electron chi connectivity index (χ4n) is 6.61. The van der Waals surface area contributed by atoms with Crippen molar-refractivity contribution in [1.29, 1.82) is 0 Å². The molecule has 0 amide bonds. The molecule has 5 atom stereocenters. The molecule has 2 heteroatoms. The first-order chi connectivity index (χ1) is 8.29. The van der Waals surface area contributed by atoms with Crippen molar-refractivity contribution in [2.24, 2.45) is 28.1 Å². The maximum atomic E-state index is 12.9. The molecule has 18 heavy (non-hydrogen) atoms. The SMILES string of the molecule is CO[C@H]1CC[C@]2(C)CC(C)(C)[C@H]3[C@H](C)CC(=O)C132. The van der Waals surface area contributed by atoms with Gasteiger partial charge < -0.3 is 4.74 Å². The van der Waals surface area contributed by atoms with Gasteiger partial charge in [0.05, 0.1) is 11.5 Å². The molecule has 3 rings (SSSR count). The Balaban J connectivity index is 2.21. The van der Waals surface area contributed by atoms with Gasteiger partial charge >= 0.3 is 0 Å². The van der Waals surface area contributed by atoms with E-state index < -0.39 is 0 Å². The van der Waals surface area contributed by atoms with Crippen molar-refractivity contribution < 1.29 is 9.53 Å². The van der Waals surface area contributed by atoms with Gasteiger partial charge in [-0.1, -0.05) is 27.7 Å². The quantitative estimate of drug-likeness (QED) is 0.712. The summed E-state index contributed by atoms with van der Waals surface area (Å²) in [6, 6.07) is 0. The molecule has 0 bridgehead atoms. The summed E-state index contributed by atoms with van der Waals surface area (Å²) in [7, 11) is 1.80. The molecule has 1 spiro atoms. The predicted molar refractivity (Wildman–Crippen MR) is 71.2 cm³/mol. The van der Waals surface area contributed by atoms with Crippen molar-refractivity contribution in [2.75, 3.05) is 7.11 Å². The van der Waals surface area contributed by atoms with E-state index in [1.165, 1.54) is 6.42 Å². The number of carbonyl (C=O) groups excluding carboxylic acids is 1. The zero-order valence-corrected chi connectivity index (χ0v) is 12.4. The third kappa shape index (κ3) is 1.12. The molecule has 0 aliphatic heterocycles. The lowest BCUT2D eigenvalue weighted by molar-refractivity contribution is -0.141. The Kier molecular flexibility index (Phi) is 2.38. The molecule has 3 saturated carbocycles. The van der Waals surface area contributed by atoms with Crippen LogP contribution < -0.4 is 0 Å². The Labute approximate surface area is 110 Å². The number of hydrogen-bond donors (Lipinski definition) is 0. The summed E-state index contributed by atoms with van der Waals surface area (Å²) < 4.78 is 5.79. The first-order valence-electron chi connectivity index (χ1n) is 7.36. The van der Waals surface area contributed by atoms with Gasteiger partial charge in [-0.25, -0.2) is 0 Å². The van der Waals surface area contributed by atoms with Gasteiger partial charge in [-0.3, -0.25) is 4.79 Å². The molecule has 2 nitrogen and oxygen atoms in total. The van der Waals surface area contributed by atoms with Crippen LogP contribution in [0.4, 0.5) is 0 Å². The second kappa shape index (κ2) is 3.39. The normalized spacial score (nSPS) is 53.6. The Morgan fingerprint density at radius 2 is 1.94 bits per heavy atom. The molecule has 0 aromatic heterocycles. The number of carbonyl (C=O) groups is 1. The summed E-state index contributed by atoms with van der Waals surface area (Å²) in [6.07, 6.45) is 4.33. The van der Waals surface area contributed by atoms with Gasteiger partial charge in [0.15, 0.2) is 0 Å². The van der Waals surface area contributed by atoms with Gasteiger partial charge in [-0.05, 0) is 41.9 Å². The Morgan fingerprint density at radius 1 is 1.28 bits per heavy atom. The van der Waals surface area contributed by atoms with E-state index >= 15 is 0 Å². The van der Waals surface area contributed by atoms with Gasteiger partial charge in [0.2, 0.25) is 0 Å².